The zero-order valence-electron chi connectivity index (χ0n) is 9.13. The van der Waals surface area contributed by atoms with Crippen LogP contribution in [0.3, 0.4) is 0 Å². The molecule has 0 aliphatic heterocycles. The molecule has 1 aliphatic carbocycles. The third kappa shape index (κ3) is 1.91. The molecule has 7 heteroatoms. The van der Waals surface area contributed by atoms with Crippen molar-refractivity contribution in [1.82, 2.24) is 9.97 Å². The summed E-state index contributed by atoms with van der Waals surface area (Å²) in [7, 11) is 0. The van der Waals surface area contributed by atoms with E-state index in [9.17, 15) is 4.79 Å². The summed E-state index contributed by atoms with van der Waals surface area (Å²) < 4.78 is 0. The number of carbonyl (C=O) groups is 1. The van der Waals surface area contributed by atoms with Gasteiger partial charge in [-0.15, -0.1) is 0 Å². The van der Waals surface area contributed by atoms with E-state index >= 15 is 0 Å². The van der Waals surface area contributed by atoms with Crippen molar-refractivity contribution in [2.24, 2.45) is 16.3 Å². The van der Waals surface area contributed by atoms with E-state index in [4.69, 9.17) is 10.9 Å². The lowest BCUT2D eigenvalue weighted by Crippen LogP contribution is -2.51. The molecule has 1 amide bonds. The van der Waals surface area contributed by atoms with Gasteiger partial charge in [0.25, 0.3) is 0 Å². The van der Waals surface area contributed by atoms with Gasteiger partial charge < -0.3 is 16.3 Å². The molecule has 0 aromatic carbocycles. The standard InChI is InChI=1S/C10H13N5O2/c11-8(15-17)10(2-1-3-10)9(16)14-7-4-12-6-13-5-7/h4-6,17H,1-3H2,(H2,11,15)(H,14,16). The number of oxime groups is 1. The van der Waals surface area contributed by atoms with Crippen LogP contribution >= 0.6 is 0 Å². The fourth-order valence-corrected chi connectivity index (χ4v) is 1.84. The first kappa shape index (κ1) is 11.3. The van der Waals surface area contributed by atoms with E-state index in [1.807, 2.05) is 0 Å². The Hall–Kier alpha value is -2.18. The van der Waals surface area contributed by atoms with Gasteiger partial charge in [-0.25, -0.2) is 9.97 Å². The quantitative estimate of drug-likeness (QED) is 0.302. The van der Waals surface area contributed by atoms with Crippen molar-refractivity contribution in [2.45, 2.75) is 19.3 Å². The summed E-state index contributed by atoms with van der Waals surface area (Å²) in [6.07, 6.45) is 6.41. The molecular formula is C10H13N5O2. The Morgan fingerprint density at radius 1 is 1.47 bits per heavy atom. The summed E-state index contributed by atoms with van der Waals surface area (Å²) in [6.45, 7) is 0. The summed E-state index contributed by atoms with van der Waals surface area (Å²) in [6, 6.07) is 0. The number of anilines is 1. The number of amidine groups is 1. The molecule has 0 saturated heterocycles. The number of aromatic nitrogens is 2. The predicted molar refractivity (Wildman–Crippen MR) is 60.4 cm³/mol. The Morgan fingerprint density at radius 3 is 2.59 bits per heavy atom. The highest BCUT2D eigenvalue weighted by Crippen LogP contribution is 2.42. The average molecular weight is 235 g/mol. The second-order valence-corrected chi connectivity index (χ2v) is 4.00. The molecule has 0 spiro atoms. The van der Waals surface area contributed by atoms with Crippen molar-refractivity contribution in [1.29, 1.82) is 0 Å². The molecule has 0 atom stereocenters. The fraction of sp³-hybridized carbons (Fsp3) is 0.400. The number of nitrogens with one attached hydrogen (secondary N) is 1. The fourth-order valence-electron chi connectivity index (χ4n) is 1.84. The van der Waals surface area contributed by atoms with Crippen molar-refractivity contribution in [3.63, 3.8) is 0 Å². The number of nitrogens with two attached hydrogens (primary N) is 1. The smallest absolute Gasteiger partial charge is 0.238 e. The van der Waals surface area contributed by atoms with Crippen LogP contribution in [0, 0.1) is 5.41 Å². The van der Waals surface area contributed by atoms with Gasteiger partial charge in [-0.3, -0.25) is 4.79 Å². The van der Waals surface area contributed by atoms with Crippen LogP contribution in [0.1, 0.15) is 19.3 Å². The number of hydrogen-bond acceptors (Lipinski definition) is 5. The molecule has 4 N–H and O–H groups in total. The van der Waals surface area contributed by atoms with Gasteiger partial charge in [0.2, 0.25) is 5.91 Å². The highest BCUT2D eigenvalue weighted by Gasteiger charge is 2.48. The zero-order chi connectivity index (χ0) is 12.3. The van der Waals surface area contributed by atoms with Crippen LogP contribution in [0.15, 0.2) is 23.9 Å². The van der Waals surface area contributed by atoms with Crippen LogP contribution in [0.25, 0.3) is 0 Å². The number of nitrogens with zero attached hydrogens (tertiary/aromatic N) is 3. The Balaban J connectivity index is 2.14. The van der Waals surface area contributed by atoms with Crippen molar-refractivity contribution in [2.75, 3.05) is 5.32 Å². The SMILES string of the molecule is NC(=NO)C1(C(=O)Nc2cncnc2)CCC1. The Bertz CT molecular complexity index is 441. The van der Waals surface area contributed by atoms with Gasteiger partial charge in [-0.05, 0) is 12.8 Å². The highest BCUT2D eigenvalue weighted by atomic mass is 16.4. The van der Waals surface area contributed by atoms with Crippen LogP contribution in [-0.4, -0.2) is 26.9 Å². The summed E-state index contributed by atoms with van der Waals surface area (Å²) in [5, 5.41) is 14.3. The minimum atomic E-state index is -0.884. The summed E-state index contributed by atoms with van der Waals surface area (Å²) in [5.74, 6) is -0.327. The summed E-state index contributed by atoms with van der Waals surface area (Å²) >= 11 is 0. The maximum absolute atomic E-state index is 12.1. The molecule has 2 rings (SSSR count). The van der Waals surface area contributed by atoms with Crippen LogP contribution in [0.2, 0.25) is 0 Å². The first-order valence-electron chi connectivity index (χ1n) is 5.23. The lowest BCUT2D eigenvalue weighted by molar-refractivity contribution is -0.125. The monoisotopic (exact) mass is 235 g/mol. The molecule has 0 radical (unpaired) electrons. The van der Waals surface area contributed by atoms with E-state index in [2.05, 4.69) is 20.4 Å². The first-order valence-corrected chi connectivity index (χ1v) is 5.23. The number of rotatable bonds is 3. The van der Waals surface area contributed by atoms with Gasteiger partial charge in [-0.1, -0.05) is 11.6 Å². The van der Waals surface area contributed by atoms with Crippen LogP contribution in [0.4, 0.5) is 5.69 Å². The molecule has 1 fully saturated rings. The molecule has 1 aliphatic rings. The molecule has 7 nitrogen and oxygen atoms in total. The largest absolute Gasteiger partial charge is 0.409 e. The molecular weight excluding hydrogens is 222 g/mol. The van der Waals surface area contributed by atoms with Crippen molar-refractivity contribution < 1.29 is 10.0 Å². The van der Waals surface area contributed by atoms with E-state index in [0.29, 0.717) is 18.5 Å². The molecule has 1 saturated carbocycles. The number of carbonyl (C=O) groups excluding carboxylic acids is 1. The Labute approximate surface area is 97.7 Å². The van der Waals surface area contributed by atoms with E-state index in [1.165, 1.54) is 18.7 Å². The van der Waals surface area contributed by atoms with Gasteiger partial charge in [0.1, 0.15) is 11.7 Å². The Kier molecular flexibility index (Phi) is 2.90. The normalized spacial score (nSPS) is 18.2. The maximum Gasteiger partial charge on any atom is 0.238 e. The lowest BCUT2D eigenvalue weighted by Gasteiger charge is -2.38. The number of amides is 1. The van der Waals surface area contributed by atoms with E-state index < -0.39 is 5.41 Å². The lowest BCUT2D eigenvalue weighted by atomic mass is 9.67. The maximum atomic E-state index is 12.1. The van der Waals surface area contributed by atoms with Crippen LogP contribution in [0.5, 0.6) is 0 Å². The number of hydrogen-bond donors (Lipinski definition) is 3. The molecule has 90 valence electrons. The molecule has 1 aromatic rings. The van der Waals surface area contributed by atoms with Crippen LogP contribution < -0.4 is 11.1 Å². The molecule has 1 heterocycles. The predicted octanol–water partition coefficient (Wildman–Crippen LogP) is 0.332. The minimum absolute atomic E-state index is 0.0434. The van der Waals surface area contributed by atoms with Crippen LogP contribution in [-0.2, 0) is 4.79 Å². The van der Waals surface area contributed by atoms with Gasteiger partial charge in [-0.2, -0.15) is 0 Å². The summed E-state index contributed by atoms with van der Waals surface area (Å²) in [5.41, 5.74) is 5.19. The third-order valence-corrected chi connectivity index (χ3v) is 3.06. The zero-order valence-corrected chi connectivity index (χ0v) is 9.13. The summed E-state index contributed by atoms with van der Waals surface area (Å²) in [4.78, 5) is 19.7. The van der Waals surface area contributed by atoms with Gasteiger partial charge in [0.15, 0.2) is 5.84 Å². The van der Waals surface area contributed by atoms with E-state index in [0.717, 1.165) is 6.42 Å². The third-order valence-electron chi connectivity index (χ3n) is 3.06. The van der Waals surface area contributed by atoms with Gasteiger partial charge in [0, 0.05) is 0 Å². The second kappa shape index (κ2) is 4.36. The van der Waals surface area contributed by atoms with Crippen molar-refractivity contribution in [3.05, 3.63) is 18.7 Å². The molecule has 0 unspecified atom stereocenters. The first-order chi connectivity index (χ1) is 8.19. The van der Waals surface area contributed by atoms with E-state index in [1.54, 1.807) is 0 Å². The molecule has 0 bridgehead atoms. The molecule has 17 heavy (non-hydrogen) atoms. The average Bonchev–Trinajstić information content (AvgIpc) is 2.28. The topological polar surface area (TPSA) is 113 Å². The van der Waals surface area contributed by atoms with Crippen molar-refractivity contribution >= 4 is 17.4 Å². The molecule has 1 aromatic heterocycles. The van der Waals surface area contributed by atoms with Crippen molar-refractivity contribution in [3.8, 4) is 0 Å². The minimum Gasteiger partial charge on any atom is -0.409 e. The second-order valence-electron chi connectivity index (χ2n) is 4.00. The highest BCUT2D eigenvalue weighted by molar-refractivity contribution is 6.12. The van der Waals surface area contributed by atoms with E-state index in [-0.39, 0.29) is 11.7 Å². The van der Waals surface area contributed by atoms with Gasteiger partial charge in [0.05, 0.1) is 18.1 Å². The van der Waals surface area contributed by atoms with Gasteiger partial charge >= 0.3 is 0 Å². The Morgan fingerprint density at radius 2 is 2.12 bits per heavy atom.